The fourth-order valence-corrected chi connectivity index (χ4v) is 2.47. The Morgan fingerprint density at radius 2 is 1.86 bits per heavy atom. The first-order valence-electron chi connectivity index (χ1n) is 5.83. The molecule has 0 bridgehead atoms. The van der Waals surface area contributed by atoms with Crippen LogP contribution in [-0.4, -0.2) is 11.8 Å². The van der Waals surface area contributed by atoms with Gasteiger partial charge in [-0.15, -0.1) is 0 Å². The molecule has 1 aliphatic rings. The minimum atomic E-state index is -0.217. The van der Waals surface area contributed by atoms with E-state index in [0.29, 0.717) is 11.8 Å². The molecule has 2 heteroatoms. The maximum absolute atomic E-state index is 11.8. The van der Waals surface area contributed by atoms with Crippen molar-refractivity contribution in [2.24, 2.45) is 23.5 Å². The molecular formula is C12H23NO. The first-order chi connectivity index (χ1) is 6.54. The first-order valence-corrected chi connectivity index (χ1v) is 5.83. The van der Waals surface area contributed by atoms with Gasteiger partial charge in [-0.1, -0.05) is 40.0 Å². The van der Waals surface area contributed by atoms with Gasteiger partial charge in [0, 0.05) is 5.92 Å². The molecule has 3 unspecified atom stereocenters. The van der Waals surface area contributed by atoms with E-state index < -0.39 is 0 Å². The van der Waals surface area contributed by atoms with Crippen LogP contribution in [0.2, 0.25) is 0 Å². The molecule has 1 rings (SSSR count). The molecule has 0 heterocycles. The predicted molar refractivity (Wildman–Crippen MR) is 58.9 cm³/mol. The van der Waals surface area contributed by atoms with Crippen LogP contribution in [0.25, 0.3) is 0 Å². The molecule has 3 atom stereocenters. The number of hydrogen-bond acceptors (Lipinski definition) is 2. The van der Waals surface area contributed by atoms with E-state index in [1.165, 1.54) is 19.3 Å². The Balaban J connectivity index is 2.57. The van der Waals surface area contributed by atoms with Crippen LogP contribution in [0, 0.1) is 17.8 Å². The van der Waals surface area contributed by atoms with E-state index in [1.54, 1.807) is 0 Å². The first kappa shape index (κ1) is 11.7. The lowest BCUT2D eigenvalue weighted by Crippen LogP contribution is -2.44. The second kappa shape index (κ2) is 4.92. The molecule has 1 fully saturated rings. The zero-order chi connectivity index (χ0) is 10.7. The zero-order valence-corrected chi connectivity index (χ0v) is 9.62. The number of nitrogens with two attached hydrogens (primary N) is 1. The summed E-state index contributed by atoms with van der Waals surface area (Å²) in [7, 11) is 0. The second-order valence-corrected chi connectivity index (χ2v) is 5.01. The van der Waals surface area contributed by atoms with E-state index in [1.807, 2.05) is 13.8 Å². The lowest BCUT2D eigenvalue weighted by atomic mass is 9.74. The van der Waals surface area contributed by atoms with Crippen molar-refractivity contribution in [3.63, 3.8) is 0 Å². The monoisotopic (exact) mass is 197 g/mol. The Morgan fingerprint density at radius 3 is 2.36 bits per heavy atom. The van der Waals surface area contributed by atoms with Crippen molar-refractivity contribution in [1.29, 1.82) is 0 Å². The van der Waals surface area contributed by atoms with E-state index in [4.69, 9.17) is 5.73 Å². The Bertz CT molecular complexity index is 200. The van der Waals surface area contributed by atoms with Gasteiger partial charge in [-0.2, -0.15) is 0 Å². The van der Waals surface area contributed by atoms with Crippen molar-refractivity contribution < 1.29 is 4.79 Å². The third-order valence-electron chi connectivity index (χ3n) is 3.54. The summed E-state index contributed by atoms with van der Waals surface area (Å²) >= 11 is 0. The van der Waals surface area contributed by atoms with E-state index in [9.17, 15) is 4.79 Å². The topological polar surface area (TPSA) is 43.1 Å². The third-order valence-corrected chi connectivity index (χ3v) is 3.54. The molecule has 2 N–H and O–H groups in total. The fraction of sp³-hybridized carbons (Fsp3) is 0.917. The molecule has 14 heavy (non-hydrogen) atoms. The van der Waals surface area contributed by atoms with Crippen molar-refractivity contribution in [2.75, 3.05) is 0 Å². The van der Waals surface area contributed by atoms with Crippen molar-refractivity contribution in [3.8, 4) is 0 Å². The maximum Gasteiger partial charge on any atom is 0.152 e. The minimum absolute atomic E-state index is 0.0825. The van der Waals surface area contributed by atoms with Gasteiger partial charge in [0.05, 0.1) is 6.04 Å². The average Bonchev–Trinajstić information content (AvgIpc) is 2.16. The summed E-state index contributed by atoms with van der Waals surface area (Å²) in [4.78, 5) is 11.8. The van der Waals surface area contributed by atoms with Gasteiger partial charge in [-0.3, -0.25) is 4.79 Å². The van der Waals surface area contributed by atoms with Crippen LogP contribution in [-0.2, 0) is 4.79 Å². The quantitative estimate of drug-likeness (QED) is 0.754. The highest BCUT2D eigenvalue weighted by Crippen LogP contribution is 2.32. The van der Waals surface area contributed by atoms with Gasteiger partial charge < -0.3 is 5.73 Å². The van der Waals surface area contributed by atoms with Gasteiger partial charge >= 0.3 is 0 Å². The molecule has 0 amide bonds. The molecule has 82 valence electrons. The predicted octanol–water partition coefficient (Wildman–Crippen LogP) is 2.37. The van der Waals surface area contributed by atoms with E-state index in [2.05, 4.69) is 6.92 Å². The van der Waals surface area contributed by atoms with Crippen LogP contribution in [0.4, 0.5) is 0 Å². The third kappa shape index (κ3) is 2.57. The van der Waals surface area contributed by atoms with Gasteiger partial charge in [-0.25, -0.2) is 0 Å². The number of Topliss-reactive ketones (excluding diaryl/α,β-unsaturated/α-hetero) is 1. The van der Waals surface area contributed by atoms with Gasteiger partial charge in [0.1, 0.15) is 0 Å². The molecular weight excluding hydrogens is 174 g/mol. The minimum Gasteiger partial charge on any atom is -0.321 e. The molecule has 0 aromatic rings. The number of ketones is 1. The van der Waals surface area contributed by atoms with Crippen LogP contribution in [0.15, 0.2) is 0 Å². The SMILES string of the molecule is CC(C)C(=O)C(N)C1CCCCC1C. The standard InChI is InChI=1S/C12H23NO/c1-8(2)12(14)11(13)10-7-5-4-6-9(10)3/h8-11H,4-7,13H2,1-3H3. The molecule has 0 aromatic heterocycles. The normalized spacial score (nSPS) is 30.4. The van der Waals surface area contributed by atoms with Gasteiger partial charge in [-0.05, 0) is 18.3 Å². The van der Waals surface area contributed by atoms with Crippen molar-refractivity contribution in [3.05, 3.63) is 0 Å². The summed E-state index contributed by atoms with van der Waals surface area (Å²) in [5.74, 6) is 1.38. The van der Waals surface area contributed by atoms with Crippen molar-refractivity contribution >= 4 is 5.78 Å². The Kier molecular flexibility index (Phi) is 4.11. The van der Waals surface area contributed by atoms with Gasteiger partial charge in [0.25, 0.3) is 0 Å². The van der Waals surface area contributed by atoms with Gasteiger partial charge in [0.15, 0.2) is 5.78 Å². The van der Waals surface area contributed by atoms with Crippen LogP contribution in [0.1, 0.15) is 46.5 Å². The molecule has 0 saturated heterocycles. The smallest absolute Gasteiger partial charge is 0.152 e. The molecule has 0 spiro atoms. The fourth-order valence-electron chi connectivity index (χ4n) is 2.47. The Labute approximate surface area is 87.2 Å². The summed E-state index contributed by atoms with van der Waals surface area (Å²) in [6.07, 6.45) is 4.93. The number of carbonyl (C=O) groups excluding carboxylic acids is 1. The maximum atomic E-state index is 11.8. The number of hydrogen-bond donors (Lipinski definition) is 1. The summed E-state index contributed by atoms with van der Waals surface area (Å²) in [6.45, 7) is 6.11. The highest BCUT2D eigenvalue weighted by atomic mass is 16.1. The summed E-state index contributed by atoms with van der Waals surface area (Å²) in [5, 5.41) is 0. The van der Waals surface area contributed by atoms with Crippen LogP contribution in [0.3, 0.4) is 0 Å². The van der Waals surface area contributed by atoms with E-state index in [0.717, 1.165) is 6.42 Å². The lowest BCUT2D eigenvalue weighted by molar-refractivity contribution is -0.125. The van der Waals surface area contributed by atoms with Crippen molar-refractivity contribution in [2.45, 2.75) is 52.5 Å². The summed E-state index contributed by atoms with van der Waals surface area (Å²) in [6, 6.07) is -0.217. The van der Waals surface area contributed by atoms with E-state index in [-0.39, 0.29) is 17.7 Å². The largest absolute Gasteiger partial charge is 0.321 e. The molecule has 2 nitrogen and oxygen atoms in total. The summed E-state index contributed by atoms with van der Waals surface area (Å²) in [5.41, 5.74) is 6.03. The molecule has 0 aromatic carbocycles. The number of carbonyl (C=O) groups is 1. The lowest BCUT2D eigenvalue weighted by Gasteiger charge is -2.33. The molecule has 1 aliphatic carbocycles. The highest BCUT2D eigenvalue weighted by Gasteiger charge is 2.31. The number of rotatable bonds is 3. The van der Waals surface area contributed by atoms with Crippen LogP contribution >= 0.6 is 0 Å². The van der Waals surface area contributed by atoms with Crippen molar-refractivity contribution in [1.82, 2.24) is 0 Å². The second-order valence-electron chi connectivity index (χ2n) is 5.01. The molecule has 1 saturated carbocycles. The van der Waals surface area contributed by atoms with E-state index >= 15 is 0 Å². The highest BCUT2D eigenvalue weighted by molar-refractivity contribution is 5.85. The molecule has 0 aliphatic heterocycles. The Morgan fingerprint density at radius 1 is 1.29 bits per heavy atom. The van der Waals surface area contributed by atoms with Crippen LogP contribution in [0.5, 0.6) is 0 Å². The zero-order valence-electron chi connectivity index (χ0n) is 9.62. The van der Waals surface area contributed by atoms with Crippen LogP contribution < -0.4 is 5.73 Å². The Hall–Kier alpha value is -0.370. The average molecular weight is 197 g/mol. The van der Waals surface area contributed by atoms with Gasteiger partial charge in [0.2, 0.25) is 0 Å². The summed E-state index contributed by atoms with van der Waals surface area (Å²) < 4.78 is 0. The molecule has 0 radical (unpaired) electrons.